The van der Waals surface area contributed by atoms with Gasteiger partial charge in [-0.2, -0.15) is 0 Å². The molecule has 3 aliphatic heterocycles. The van der Waals surface area contributed by atoms with E-state index in [1.807, 2.05) is 0 Å². The topological polar surface area (TPSA) is 95.8 Å². The van der Waals surface area contributed by atoms with Crippen LogP contribution in [0.25, 0.3) is 0 Å². The molecule has 0 spiro atoms. The lowest BCUT2D eigenvalue weighted by Crippen LogP contribution is -2.21. The summed E-state index contributed by atoms with van der Waals surface area (Å²) in [4.78, 5) is 0. The molecule has 4 aromatic rings. The lowest BCUT2D eigenvalue weighted by Gasteiger charge is -2.34. The Labute approximate surface area is 531 Å². The second kappa shape index (κ2) is 36.7. The first kappa shape index (κ1) is 67.2. The van der Waals surface area contributed by atoms with Crippen molar-refractivity contribution in [3.05, 3.63) is 89.9 Å². The third-order valence-corrected chi connectivity index (χ3v) is 20.9. The van der Waals surface area contributed by atoms with E-state index in [1.54, 1.807) is 0 Å². The van der Waals surface area contributed by atoms with E-state index in [4.69, 9.17) is 28.4 Å². The minimum absolute atomic E-state index is 0.0327. The Kier molecular flexibility index (Phi) is 29.0. The van der Waals surface area contributed by atoms with Gasteiger partial charge in [-0.15, -0.1) is 0 Å². The summed E-state index contributed by atoms with van der Waals surface area (Å²) in [6.45, 7) is 9.13. The SMILES string of the molecule is CCCCCCCCCCCC1c2cc3c4cc2OCOc2cc5c(cc21)C(CCCCCCCCCCC)c1cc(c(O)c(Br)c1OCO5)C(CCCCCCCCCCC)c1cc(c(c(Br)c1O)OCO4)C3CCCCCCCCCCC. The molecule has 0 radical (unpaired) electrons. The molecular weight excluding hydrogens is 1190 g/mol. The van der Waals surface area contributed by atoms with Crippen LogP contribution in [0.4, 0.5) is 0 Å². The number of halogens is 2. The molecule has 3 heterocycles. The number of hydrogen-bond acceptors (Lipinski definition) is 8. The molecule has 472 valence electrons. The van der Waals surface area contributed by atoms with Gasteiger partial charge in [0.05, 0.1) is 0 Å². The van der Waals surface area contributed by atoms with Crippen molar-refractivity contribution in [2.75, 3.05) is 20.4 Å². The van der Waals surface area contributed by atoms with Gasteiger partial charge in [-0.1, -0.05) is 259 Å². The molecule has 4 aromatic carbocycles. The van der Waals surface area contributed by atoms with Crippen molar-refractivity contribution in [3.8, 4) is 46.0 Å². The molecule has 0 aromatic heterocycles. The van der Waals surface area contributed by atoms with Crippen LogP contribution in [-0.2, 0) is 0 Å². The van der Waals surface area contributed by atoms with Gasteiger partial charge in [0.2, 0.25) is 20.4 Å². The Hall–Kier alpha value is -3.76. The maximum atomic E-state index is 12.9. The molecule has 8 bridgehead atoms. The van der Waals surface area contributed by atoms with Gasteiger partial charge >= 0.3 is 0 Å². The molecule has 0 saturated carbocycles. The second-order valence-corrected chi connectivity index (χ2v) is 27.4. The van der Waals surface area contributed by atoms with E-state index >= 15 is 0 Å². The molecule has 2 unspecified atom stereocenters. The van der Waals surface area contributed by atoms with Crippen LogP contribution >= 0.6 is 31.9 Å². The van der Waals surface area contributed by atoms with E-state index < -0.39 is 0 Å². The molecule has 0 saturated heterocycles. The molecule has 0 fully saturated rings. The highest BCUT2D eigenvalue weighted by atomic mass is 79.9. The van der Waals surface area contributed by atoms with Crippen LogP contribution < -0.4 is 28.4 Å². The standard InChI is InChI=1S/C75H110Br2O8/c1-5-9-13-17-21-25-29-33-37-41-54-58-45-60-55(42-38-34-30-26-22-18-14-10-6-2)64-47-62-57(44-40-36-32-28-24-20-16-12-8-4)63-48-65-56(43-39-35-31-27-23-19-15-11-7-3)61-46-59(54)67(50-69(61)83-53-85-75(65)71(77)73(63)79)81-51-80-66(58)49-68(60)82-52-84-74(64)70(76)72(62)78/h45-50,54-57,78-79H,5-44,51-53H2,1-4H3. The van der Waals surface area contributed by atoms with Gasteiger partial charge in [0.25, 0.3) is 0 Å². The maximum Gasteiger partial charge on any atom is 0.230 e. The summed E-state index contributed by atoms with van der Waals surface area (Å²) in [5.74, 6) is 4.00. The summed E-state index contributed by atoms with van der Waals surface area (Å²) in [6, 6.07) is 13.7. The molecular formula is C75H110Br2O8. The maximum absolute atomic E-state index is 12.9. The monoisotopic (exact) mass is 1300 g/mol. The fourth-order valence-electron chi connectivity index (χ4n) is 14.5. The van der Waals surface area contributed by atoms with Gasteiger partial charge < -0.3 is 38.6 Å². The highest BCUT2D eigenvalue weighted by molar-refractivity contribution is 9.11. The minimum Gasteiger partial charge on any atom is -0.506 e. The third-order valence-electron chi connectivity index (χ3n) is 19.4. The van der Waals surface area contributed by atoms with Crippen LogP contribution in [-0.4, -0.2) is 30.6 Å². The van der Waals surface area contributed by atoms with E-state index in [-0.39, 0.29) is 55.5 Å². The number of phenols is 2. The minimum atomic E-state index is -0.353. The summed E-state index contributed by atoms with van der Waals surface area (Å²) in [6.07, 6.45) is 47.9. The number of phenolic OH excluding ortho intramolecular Hbond substituents is 2. The zero-order chi connectivity index (χ0) is 59.6. The van der Waals surface area contributed by atoms with Gasteiger partial charge in [-0.25, -0.2) is 0 Å². The van der Waals surface area contributed by atoms with Crippen LogP contribution in [0.5, 0.6) is 46.0 Å². The van der Waals surface area contributed by atoms with Gasteiger partial charge in [-0.3, -0.25) is 0 Å². The highest BCUT2D eigenvalue weighted by Crippen LogP contribution is 2.57. The van der Waals surface area contributed by atoms with Gasteiger partial charge in [0.1, 0.15) is 54.9 Å². The van der Waals surface area contributed by atoms with Crippen molar-refractivity contribution in [3.63, 3.8) is 0 Å². The number of unbranched alkanes of at least 4 members (excludes halogenated alkanes) is 32. The van der Waals surface area contributed by atoms with Crippen molar-refractivity contribution < 1.29 is 38.6 Å². The number of benzene rings is 4. The van der Waals surface area contributed by atoms with Crippen LogP contribution in [0.1, 0.15) is 353 Å². The second-order valence-electron chi connectivity index (χ2n) is 25.8. The predicted molar refractivity (Wildman–Crippen MR) is 358 cm³/mol. The van der Waals surface area contributed by atoms with Crippen molar-refractivity contribution in [2.24, 2.45) is 0 Å². The van der Waals surface area contributed by atoms with Crippen LogP contribution in [0, 0.1) is 0 Å². The lowest BCUT2D eigenvalue weighted by molar-refractivity contribution is 0.102. The van der Waals surface area contributed by atoms with E-state index in [1.165, 1.54) is 184 Å². The Morgan fingerprint density at radius 2 is 0.494 bits per heavy atom. The quantitative estimate of drug-likeness (QED) is 0.0425. The summed E-state index contributed by atoms with van der Waals surface area (Å²) < 4.78 is 41.6. The molecule has 0 amide bonds. The molecule has 2 N–H and O–H groups in total. The van der Waals surface area contributed by atoms with E-state index in [0.29, 0.717) is 20.4 Å². The molecule has 4 aliphatic rings. The lowest BCUT2D eigenvalue weighted by atomic mass is 9.76. The molecule has 8 rings (SSSR count). The predicted octanol–water partition coefficient (Wildman–Crippen LogP) is 24.3. The number of rotatable bonds is 40. The van der Waals surface area contributed by atoms with E-state index in [9.17, 15) is 10.2 Å². The Morgan fingerprint density at radius 1 is 0.282 bits per heavy atom. The smallest absolute Gasteiger partial charge is 0.230 e. The number of hydrogen-bond donors (Lipinski definition) is 2. The van der Waals surface area contributed by atoms with Crippen LogP contribution in [0.2, 0.25) is 0 Å². The fourth-order valence-corrected chi connectivity index (χ4v) is 15.6. The zero-order valence-corrected chi connectivity index (χ0v) is 56.5. The van der Waals surface area contributed by atoms with E-state index in [0.717, 1.165) is 140 Å². The molecule has 2 atom stereocenters. The highest BCUT2D eigenvalue weighted by Gasteiger charge is 2.38. The Balaban J connectivity index is 1.29. The Morgan fingerprint density at radius 3 is 0.765 bits per heavy atom. The summed E-state index contributed by atoms with van der Waals surface area (Å²) in [5, 5.41) is 25.7. The molecule has 85 heavy (non-hydrogen) atoms. The summed E-state index contributed by atoms with van der Waals surface area (Å²) >= 11 is 8.02. The Bertz CT molecular complexity index is 2480. The first-order valence-corrected chi connectivity index (χ1v) is 36.6. The average Bonchev–Trinajstić information content (AvgIpc) is 1.54. The third kappa shape index (κ3) is 18.7. The summed E-state index contributed by atoms with van der Waals surface area (Å²) in [5.41, 5.74) is 8.28. The van der Waals surface area contributed by atoms with Crippen molar-refractivity contribution >= 4 is 31.9 Å². The van der Waals surface area contributed by atoms with Gasteiger partial charge in [0, 0.05) is 80.3 Å². The molecule has 10 heteroatoms. The van der Waals surface area contributed by atoms with Crippen LogP contribution in [0.15, 0.2) is 45.3 Å². The average molecular weight is 1300 g/mol. The van der Waals surface area contributed by atoms with Crippen molar-refractivity contribution in [2.45, 2.75) is 308 Å². The molecule has 8 nitrogen and oxygen atoms in total. The largest absolute Gasteiger partial charge is 0.506 e. The fraction of sp³-hybridized carbons (Fsp3) is 0.680. The van der Waals surface area contributed by atoms with Crippen molar-refractivity contribution in [1.82, 2.24) is 0 Å². The van der Waals surface area contributed by atoms with E-state index in [2.05, 4.69) is 96.0 Å². The summed E-state index contributed by atoms with van der Waals surface area (Å²) in [7, 11) is 0. The number of aromatic hydroxyl groups is 2. The van der Waals surface area contributed by atoms with Crippen molar-refractivity contribution in [1.29, 1.82) is 0 Å². The number of ether oxygens (including phenoxy) is 6. The normalized spacial score (nSPS) is 17.3. The number of fused-ring (bicyclic) bond motifs is 2. The van der Waals surface area contributed by atoms with Gasteiger partial charge in [-0.05, 0) is 81.8 Å². The zero-order valence-electron chi connectivity index (χ0n) is 53.3. The van der Waals surface area contributed by atoms with Crippen LogP contribution in [0.3, 0.4) is 0 Å². The molecule has 1 aliphatic carbocycles. The van der Waals surface area contributed by atoms with Gasteiger partial charge in [0.15, 0.2) is 0 Å². The first-order chi connectivity index (χ1) is 41.8. The first-order valence-electron chi connectivity index (χ1n) is 35.0.